The number of aliphatic hydroxyl groups excluding tert-OH is 1. The van der Waals surface area contributed by atoms with Gasteiger partial charge in [-0.2, -0.15) is 4.31 Å². The average molecular weight is 406 g/mol. The van der Waals surface area contributed by atoms with Crippen LogP contribution in [0.25, 0.3) is 0 Å². The number of benzene rings is 1. The standard InChI is InChI=1S/C16H27N3O5S2/c1-16(2,13-20)18-9-11-19(12-10-18)26(23,24)15-7-5-14(6-8-15)25(21,22)17(3)4/h5-8,20H,9-13H2,1-4H3. The summed E-state index contributed by atoms with van der Waals surface area (Å²) in [5, 5.41) is 9.45. The Hall–Kier alpha value is -1.04. The molecular weight excluding hydrogens is 378 g/mol. The molecule has 2 rings (SSSR count). The lowest BCUT2D eigenvalue weighted by Gasteiger charge is -2.42. The number of hydrogen-bond acceptors (Lipinski definition) is 6. The average Bonchev–Trinajstić information content (AvgIpc) is 2.61. The summed E-state index contributed by atoms with van der Waals surface area (Å²) in [5.41, 5.74) is -0.391. The third kappa shape index (κ3) is 4.10. The van der Waals surface area contributed by atoms with Crippen LogP contribution in [0, 0.1) is 0 Å². The van der Waals surface area contributed by atoms with E-state index in [0.29, 0.717) is 26.2 Å². The molecular formula is C16H27N3O5S2. The lowest BCUT2D eigenvalue weighted by atomic mass is 10.0. The first-order valence-electron chi connectivity index (χ1n) is 8.31. The van der Waals surface area contributed by atoms with Crippen LogP contribution in [-0.4, -0.2) is 87.9 Å². The molecule has 1 saturated heterocycles. The summed E-state index contributed by atoms with van der Waals surface area (Å²) in [6, 6.07) is 5.28. The smallest absolute Gasteiger partial charge is 0.243 e. The van der Waals surface area contributed by atoms with Gasteiger partial charge in [0.15, 0.2) is 0 Å². The molecule has 0 amide bonds. The summed E-state index contributed by atoms with van der Waals surface area (Å²) in [4.78, 5) is 2.19. The van der Waals surface area contributed by atoms with Crippen LogP contribution < -0.4 is 0 Å². The zero-order valence-electron chi connectivity index (χ0n) is 15.6. The Morgan fingerprint density at radius 2 is 1.42 bits per heavy atom. The van der Waals surface area contributed by atoms with Crippen molar-refractivity contribution in [3.8, 4) is 0 Å². The van der Waals surface area contributed by atoms with Gasteiger partial charge in [-0.05, 0) is 38.1 Å². The second-order valence-corrected chi connectivity index (χ2v) is 11.2. The monoisotopic (exact) mass is 405 g/mol. The maximum atomic E-state index is 12.8. The summed E-state index contributed by atoms with van der Waals surface area (Å²) in [6.07, 6.45) is 0. The van der Waals surface area contributed by atoms with Gasteiger partial charge in [-0.15, -0.1) is 0 Å². The van der Waals surface area contributed by atoms with Gasteiger partial charge in [0.05, 0.1) is 16.4 Å². The minimum atomic E-state index is -3.68. The van der Waals surface area contributed by atoms with Gasteiger partial charge in [0, 0.05) is 45.8 Å². The summed E-state index contributed by atoms with van der Waals surface area (Å²) in [6.45, 7) is 5.54. The maximum absolute atomic E-state index is 12.8. The molecule has 148 valence electrons. The molecule has 1 N–H and O–H groups in total. The van der Waals surface area contributed by atoms with Crippen LogP contribution in [0.15, 0.2) is 34.1 Å². The lowest BCUT2D eigenvalue weighted by molar-refractivity contribution is 0.0334. The number of rotatable bonds is 6. The van der Waals surface area contributed by atoms with Gasteiger partial charge < -0.3 is 5.11 Å². The number of piperazine rings is 1. The molecule has 1 heterocycles. The molecule has 1 aliphatic heterocycles. The normalized spacial score (nSPS) is 18.4. The minimum absolute atomic E-state index is 0.00155. The first-order valence-corrected chi connectivity index (χ1v) is 11.2. The number of nitrogens with zero attached hydrogens (tertiary/aromatic N) is 3. The van der Waals surface area contributed by atoms with E-state index in [-0.39, 0.29) is 16.4 Å². The molecule has 8 nitrogen and oxygen atoms in total. The van der Waals surface area contributed by atoms with Crippen LogP contribution in [0.3, 0.4) is 0 Å². The van der Waals surface area contributed by atoms with Gasteiger partial charge in [0.25, 0.3) is 0 Å². The van der Waals surface area contributed by atoms with E-state index in [2.05, 4.69) is 4.90 Å². The highest BCUT2D eigenvalue weighted by atomic mass is 32.2. The minimum Gasteiger partial charge on any atom is -0.394 e. The first-order chi connectivity index (χ1) is 11.9. The summed E-state index contributed by atoms with van der Waals surface area (Å²) in [5.74, 6) is 0. The number of aliphatic hydroxyl groups is 1. The molecule has 1 aromatic carbocycles. The third-order valence-electron chi connectivity index (χ3n) is 4.72. The summed E-state index contributed by atoms with van der Waals surface area (Å²) < 4.78 is 52.3. The number of sulfonamides is 2. The molecule has 0 bridgehead atoms. The fourth-order valence-corrected chi connectivity index (χ4v) is 5.10. The third-order valence-corrected chi connectivity index (χ3v) is 8.46. The van der Waals surface area contributed by atoms with Crippen molar-refractivity contribution in [1.29, 1.82) is 0 Å². The van der Waals surface area contributed by atoms with Crippen molar-refractivity contribution in [3.63, 3.8) is 0 Å². The Labute approximate surface area is 156 Å². The molecule has 1 aliphatic rings. The van der Waals surface area contributed by atoms with Crippen LogP contribution in [0.2, 0.25) is 0 Å². The van der Waals surface area contributed by atoms with E-state index < -0.39 is 25.6 Å². The van der Waals surface area contributed by atoms with Gasteiger partial charge in [0.2, 0.25) is 20.0 Å². The summed E-state index contributed by atoms with van der Waals surface area (Å²) >= 11 is 0. The lowest BCUT2D eigenvalue weighted by Crippen LogP contribution is -2.56. The highest BCUT2D eigenvalue weighted by Crippen LogP contribution is 2.23. The van der Waals surface area contributed by atoms with E-state index in [1.54, 1.807) is 0 Å². The van der Waals surface area contributed by atoms with Crippen molar-refractivity contribution in [2.45, 2.75) is 29.2 Å². The van der Waals surface area contributed by atoms with Crippen molar-refractivity contribution >= 4 is 20.0 Å². The van der Waals surface area contributed by atoms with Crippen molar-refractivity contribution in [3.05, 3.63) is 24.3 Å². The van der Waals surface area contributed by atoms with Gasteiger partial charge in [-0.3, -0.25) is 4.90 Å². The molecule has 0 saturated carbocycles. The molecule has 0 aromatic heterocycles. The maximum Gasteiger partial charge on any atom is 0.243 e. The fraction of sp³-hybridized carbons (Fsp3) is 0.625. The van der Waals surface area contributed by atoms with Gasteiger partial charge in [0.1, 0.15) is 0 Å². The highest BCUT2D eigenvalue weighted by Gasteiger charge is 2.34. The van der Waals surface area contributed by atoms with E-state index in [0.717, 1.165) is 4.31 Å². The van der Waals surface area contributed by atoms with Crippen molar-refractivity contribution in [2.24, 2.45) is 0 Å². The summed E-state index contributed by atoms with van der Waals surface area (Å²) in [7, 11) is -4.43. The van der Waals surface area contributed by atoms with Gasteiger partial charge in [-0.1, -0.05) is 0 Å². The molecule has 0 spiro atoms. The second kappa shape index (κ2) is 7.53. The molecule has 1 fully saturated rings. The van der Waals surface area contributed by atoms with E-state index in [1.165, 1.54) is 42.7 Å². The van der Waals surface area contributed by atoms with E-state index >= 15 is 0 Å². The SMILES string of the molecule is CN(C)S(=O)(=O)c1ccc(S(=O)(=O)N2CCN(C(C)(C)CO)CC2)cc1. The molecule has 10 heteroatoms. The Kier molecular flexibility index (Phi) is 6.16. The Morgan fingerprint density at radius 3 is 1.85 bits per heavy atom. The topological polar surface area (TPSA) is 98.2 Å². The Bertz CT molecular complexity index is 825. The predicted molar refractivity (Wildman–Crippen MR) is 98.8 cm³/mol. The predicted octanol–water partition coefficient (Wildman–Crippen LogP) is 0.0141. The zero-order valence-corrected chi connectivity index (χ0v) is 17.2. The van der Waals surface area contributed by atoms with E-state index in [4.69, 9.17) is 0 Å². The highest BCUT2D eigenvalue weighted by molar-refractivity contribution is 7.89. The second-order valence-electron chi connectivity index (χ2n) is 7.12. The largest absolute Gasteiger partial charge is 0.394 e. The van der Waals surface area contributed by atoms with Crippen LogP contribution in [0.5, 0.6) is 0 Å². The van der Waals surface area contributed by atoms with Crippen molar-refractivity contribution in [2.75, 3.05) is 46.9 Å². The fourth-order valence-electron chi connectivity index (χ4n) is 2.78. The van der Waals surface area contributed by atoms with Crippen LogP contribution in [-0.2, 0) is 20.0 Å². The Morgan fingerprint density at radius 1 is 0.962 bits per heavy atom. The van der Waals surface area contributed by atoms with Crippen LogP contribution >= 0.6 is 0 Å². The van der Waals surface area contributed by atoms with Crippen molar-refractivity contribution < 1.29 is 21.9 Å². The number of hydrogen-bond donors (Lipinski definition) is 1. The van der Waals surface area contributed by atoms with Crippen LogP contribution in [0.4, 0.5) is 0 Å². The molecule has 0 aliphatic carbocycles. The van der Waals surface area contributed by atoms with Crippen LogP contribution in [0.1, 0.15) is 13.8 Å². The van der Waals surface area contributed by atoms with Crippen molar-refractivity contribution in [1.82, 2.24) is 13.5 Å². The quantitative estimate of drug-likeness (QED) is 0.716. The van der Waals surface area contributed by atoms with Gasteiger partial charge >= 0.3 is 0 Å². The molecule has 1 aromatic rings. The van der Waals surface area contributed by atoms with Gasteiger partial charge in [-0.25, -0.2) is 21.1 Å². The van der Waals surface area contributed by atoms with E-state index in [1.807, 2.05) is 13.8 Å². The molecule has 0 unspecified atom stereocenters. The molecule has 0 radical (unpaired) electrons. The first kappa shape index (κ1) is 21.3. The zero-order chi connectivity index (χ0) is 19.8. The Balaban J connectivity index is 2.17. The van der Waals surface area contributed by atoms with E-state index in [9.17, 15) is 21.9 Å². The molecule has 26 heavy (non-hydrogen) atoms. The molecule has 0 atom stereocenters.